The van der Waals surface area contributed by atoms with Crippen LogP contribution < -0.4 is 15.8 Å². The molecular weight excluding hydrogens is 434 g/mol. The first-order valence-electron chi connectivity index (χ1n) is 9.66. The van der Waals surface area contributed by atoms with Crippen LogP contribution in [0, 0.1) is 0 Å². The number of hydrogen-bond donors (Lipinski definition) is 2. The van der Waals surface area contributed by atoms with Gasteiger partial charge in [0.2, 0.25) is 5.91 Å². The van der Waals surface area contributed by atoms with E-state index in [-0.39, 0.29) is 17.8 Å². The van der Waals surface area contributed by atoms with Crippen molar-refractivity contribution in [3.8, 4) is 16.2 Å². The van der Waals surface area contributed by atoms with E-state index in [0.29, 0.717) is 34.4 Å². The van der Waals surface area contributed by atoms with Crippen LogP contribution in [0.3, 0.4) is 0 Å². The molecular formula is C23H20ClN3O3S. The highest BCUT2D eigenvalue weighted by atomic mass is 35.5. The highest BCUT2D eigenvalue weighted by Gasteiger charge is 2.26. The molecule has 0 spiro atoms. The number of amides is 1. The van der Waals surface area contributed by atoms with E-state index in [1.807, 2.05) is 24.3 Å². The normalized spacial score (nSPS) is 15.0. The largest absolute Gasteiger partial charge is 0.486 e. The molecule has 3 aromatic rings. The topological polar surface area (TPSA) is 94.3 Å². The van der Waals surface area contributed by atoms with Crippen molar-refractivity contribution < 1.29 is 14.3 Å². The molecule has 0 saturated carbocycles. The van der Waals surface area contributed by atoms with E-state index in [2.05, 4.69) is 10.3 Å². The van der Waals surface area contributed by atoms with Crippen LogP contribution in [-0.2, 0) is 11.2 Å². The summed E-state index contributed by atoms with van der Waals surface area (Å²) in [6.07, 6.45) is 5.16. The summed E-state index contributed by atoms with van der Waals surface area (Å²) >= 11 is 7.89. The van der Waals surface area contributed by atoms with E-state index in [1.165, 1.54) is 17.4 Å². The number of Topliss-reactive ketones (excluding diaryl/α,β-unsaturated/α-hetero) is 1. The van der Waals surface area contributed by atoms with Crippen LogP contribution in [0.2, 0.25) is 5.02 Å². The maximum atomic E-state index is 12.1. The standard InChI is InChI=1S/C23H20ClN3O3S/c1-13(28)19-4-5-20(31-19)15-8-16-9-17(30-23(16)18(24)10-15)12-27-22(29)7-3-14-2-6-21(25)26-11-14/h2-8,10-11,17H,9,12H2,1H3,(H2,25,26)(H,27,29)/b7-3+/t17-/m0/s1. The number of benzene rings is 1. The maximum absolute atomic E-state index is 12.1. The Morgan fingerprint density at radius 2 is 2.16 bits per heavy atom. The number of carbonyl (C=O) groups is 2. The van der Waals surface area contributed by atoms with Gasteiger partial charge in [0, 0.05) is 29.1 Å². The molecule has 4 rings (SSSR count). The zero-order valence-corrected chi connectivity index (χ0v) is 18.3. The van der Waals surface area contributed by atoms with Crippen molar-refractivity contribution in [1.29, 1.82) is 0 Å². The van der Waals surface area contributed by atoms with Gasteiger partial charge in [-0.25, -0.2) is 4.98 Å². The van der Waals surface area contributed by atoms with Gasteiger partial charge in [0.05, 0.1) is 16.4 Å². The molecule has 1 atom stereocenters. The molecule has 0 bridgehead atoms. The number of aromatic nitrogens is 1. The summed E-state index contributed by atoms with van der Waals surface area (Å²) in [5.74, 6) is 0.902. The Morgan fingerprint density at radius 3 is 2.87 bits per heavy atom. The Labute approximate surface area is 188 Å². The molecule has 0 fully saturated rings. The van der Waals surface area contributed by atoms with Gasteiger partial charge in [0.25, 0.3) is 0 Å². The lowest BCUT2D eigenvalue weighted by molar-refractivity contribution is -0.116. The van der Waals surface area contributed by atoms with Crippen LogP contribution in [-0.4, -0.2) is 29.3 Å². The van der Waals surface area contributed by atoms with Crippen LogP contribution in [0.4, 0.5) is 5.82 Å². The average Bonchev–Trinajstić information content (AvgIpc) is 3.39. The van der Waals surface area contributed by atoms with Crippen LogP contribution in [0.15, 0.2) is 48.7 Å². The van der Waals surface area contributed by atoms with Crippen molar-refractivity contribution in [3.05, 3.63) is 69.7 Å². The second kappa shape index (κ2) is 8.91. The van der Waals surface area contributed by atoms with Gasteiger partial charge >= 0.3 is 0 Å². The van der Waals surface area contributed by atoms with Crippen molar-refractivity contribution in [2.75, 3.05) is 12.3 Å². The first-order chi connectivity index (χ1) is 14.9. The molecule has 0 unspecified atom stereocenters. The number of ketones is 1. The van der Waals surface area contributed by atoms with Crippen molar-refractivity contribution in [3.63, 3.8) is 0 Å². The Morgan fingerprint density at radius 1 is 1.32 bits per heavy atom. The highest BCUT2D eigenvalue weighted by molar-refractivity contribution is 7.17. The van der Waals surface area contributed by atoms with E-state index in [0.717, 1.165) is 21.6 Å². The third-order valence-corrected chi connectivity index (χ3v) is 6.35. The molecule has 6 nitrogen and oxygen atoms in total. The number of carbonyl (C=O) groups excluding carboxylic acids is 2. The van der Waals surface area contributed by atoms with Gasteiger partial charge < -0.3 is 15.8 Å². The minimum absolute atomic E-state index is 0.0457. The van der Waals surface area contributed by atoms with Crippen molar-refractivity contribution in [2.24, 2.45) is 0 Å². The Hall–Kier alpha value is -3.16. The van der Waals surface area contributed by atoms with E-state index < -0.39 is 0 Å². The lowest BCUT2D eigenvalue weighted by atomic mass is 10.1. The first kappa shape index (κ1) is 21.1. The van der Waals surface area contributed by atoms with Crippen LogP contribution in [0.5, 0.6) is 5.75 Å². The lowest BCUT2D eigenvalue weighted by Crippen LogP contribution is -2.33. The molecule has 3 N–H and O–H groups in total. The van der Waals surface area contributed by atoms with Gasteiger partial charge in [0.15, 0.2) is 5.78 Å². The van der Waals surface area contributed by atoms with Crippen molar-refractivity contribution in [1.82, 2.24) is 10.3 Å². The molecule has 1 aromatic carbocycles. The molecule has 2 aromatic heterocycles. The smallest absolute Gasteiger partial charge is 0.244 e. The fourth-order valence-electron chi connectivity index (χ4n) is 3.29. The number of nitrogen functional groups attached to an aromatic ring is 1. The monoisotopic (exact) mass is 453 g/mol. The van der Waals surface area contributed by atoms with Crippen molar-refractivity contribution in [2.45, 2.75) is 19.4 Å². The number of anilines is 1. The van der Waals surface area contributed by atoms with Crippen LogP contribution >= 0.6 is 22.9 Å². The number of pyridine rings is 1. The Bertz CT molecular complexity index is 1170. The molecule has 0 aliphatic carbocycles. The zero-order valence-electron chi connectivity index (χ0n) is 16.7. The first-order valence-corrected chi connectivity index (χ1v) is 10.9. The highest BCUT2D eigenvalue weighted by Crippen LogP contribution is 2.41. The predicted molar refractivity (Wildman–Crippen MR) is 124 cm³/mol. The summed E-state index contributed by atoms with van der Waals surface area (Å²) in [6, 6.07) is 11.1. The number of nitrogens with two attached hydrogens (primary N) is 1. The number of ether oxygens (including phenoxy) is 1. The molecule has 3 heterocycles. The number of halogens is 1. The number of nitrogens with zero attached hydrogens (tertiary/aromatic N) is 1. The van der Waals surface area contributed by atoms with Gasteiger partial charge in [-0.1, -0.05) is 11.6 Å². The van der Waals surface area contributed by atoms with Crippen LogP contribution in [0.1, 0.15) is 27.7 Å². The van der Waals surface area contributed by atoms with Gasteiger partial charge in [-0.2, -0.15) is 0 Å². The summed E-state index contributed by atoms with van der Waals surface area (Å²) in [6.45, 7) is 1.91. The van der Waals surface area contributed by atoms with E-state index in [1.54, 1.807) is 31.3 Å². The van der Waals surface area contributed by atoms with Crippen molar-refractivity contribution >= 4 is 46.5 Å². The summed E-state index contributed by atoms with van der Waals surface area (Å²) in [7, 11) is 0. The van der Waals surface area contributed by atoms with E-state index in [4.69, 9.17) is 22.1 Å². The third kappa shape index (κ3) is 4.95. The Balaban J connectivity index is 1.38. The lowest BCUT2D eigenvalue weighted by Gasteiger charge is -2.11. The summed E-state index contributed by atoms with van der Waals surface area (Å²) in [4.78, 5) is 29.4. The minimum atomic E-state index is -0.224. The molecule has 8 heteroatoms. The molecule has 0 radical (unpaired) electrons. The molecule has 158 valence electrons. The molecule has 1 aliphatic rings. The van der Waals surface area contributed by atoms with E-state index in [9.17, 15) is 9.59 Å². The predicted octanol–water partition coefficient (Wildman–Crippen LogP) is 4.38. The maximum Gasteiger partial charge on any atom is 0.244 e. The molecule has 1 aliphatic heterocycles. The molecule has 0 saturated heterocycles. The summed E-state index contributed by atoms with van der Waals surface area (Å²) in [5.41, 5.74) is 8.28. The molecule has 1 amide bonds. The quantitative estimate of drug-likeness (QED) is 0.426. The summed E-state index contributed by atoms with van der Waals surface area (Å²) < 4.78 is 5.95. The zero-order chi connectivity index (χ0) is 22.0. The number of fused-ring (bicyclic) bond motifs is 1. The number of thiophene rings is 1. The molecule has 31 heavy (non-hydrogen) atoms. The second-order valence-electron chi connectivity index (χ2n) is 7.21. The minimum Gasteiger partial charge on any atom is -0.486 e. The van der Waals surface area contributed by atoms with Gasteiger partial charge in [-0.3, -0.25) is 9.59 Å². The van der Waals surface area contributed by atoms with E-state index >= 15 is 0 Å². The average molecular weight is 454 g/mol. The fourth-order valence-corrected chi connectivity index (χ4v) is 4.46. The summed E-state index contributed by atoms with van der Waals surface area (Å²) in [5, 5.41) is 3.37. The third-order valence-electron chi connectivity index (χ3n) is 4.83. The van der Waals surface area contributed by atoms with Crippen LogP contribution in [0.25, 0.3) is 16.5 Å². The van der Waals surface area contributed by atoms with Gasteiger partial charge in [-0.15, -0.1) is 11.3 Å². The SMILES string of the molecule is CC(=O)c1ccc(-c2cc(Cl)c3c(c2)C[C@@H](CNC(=O)/C=C/c2ccc(N)nc2)O3)s1. The second-order valence-corrected chi connectivity index (χ2v) is 8.70. The Kier molecular flexibility index (Phi) is 6.06. The van der Waals surface area contributed by atoms with Gasteiger partial charge in [0.1, 0.15) is 17.7 Å². The number of rotatable bonds is 6. The fraction of sp³-hybridized carbons (Fsp3) is 0.174. The van der Waals surface area contributed by atoms with Gasteiger partial charge in [-0.05, 0) is 60.5 Å². The number of hydrogen-bond acceptors (Lipinski definition) is 6. The number of nitrogens with one attached hydrogen (secondary N) is 1.